The molecule has 0 saturated carbocycles. The number of alkyl halides is 6. The smallest absolute Gasteiger partial charge is 1.00 e. The van der Waals surface area contributed by atoms with Crippen LogP contribution >= 0.6 is 23.2 Å². The van der Waals surface area contributed by atoms with Crippen molar-refractivity contribution < 1.29 is 76.8 Å². The van der Waals surface area contributed by atoms with Gasteiger partial charge in [-0.15, -0.1) is 0 Å². The number of halogens is 8. The van der Waals surface area contributed by atoms with E-state index in [4.69, 9.17) is 23.2 Å². The van der Waals surface area contributed by atoms with E-state index >= 15 is 0 Å². The van der Waals surface area contributed by atoms with Gasteiger partial charge in [0.15, 0.2) is 5.78 Å². The fourth-order valence-corrected chi connectivity index (χ4v) is 5.89. The van der Waals surface area contributed by atoms with Crippen molar-refractivity contribution in [3.8, 4) is 0 Å². The molecule has 24 heteroatoms. The maximum absolute atomic E-state index is 12.8. The monoisotopic (exact) mass is 991 g/mol. The summed E-state index contributed by atoms with van der Waals surface area (Å²) in [5, 5.41) is 21.8. The average Bonchev–Trinajstić information content (AvgIpc) is 3.24. The summed E-state index contributed by atoms with van der Waals surface area (Å²) in [7, 11) is 0. The van der Waals surface area contributed by atoms with Gasteiger partial charge in [-0.2, -0.15) is 26.3 Å². The number of pyridine rings is 6. The first kappa shape index (κ1) is 56.6. The Morgan fingerprint density at radius 3 is 1.41 bits per heavy atom. The van der Waals surface area contributed by atoms with E-state index in [1.54, 1.807) is 20.8 Å². The van der Waals surface area contributed by atoms with E-state index in [2.05, 4.69) is 51.2 Å². The van der Waals surface area contributed by atoms with Gasteiger partial charge in [-0.25, -0.2) is 29.9 Å². The SMILES string of the molecule is CC(C)(C)C(=O)c1cc(Cl)ncc1NC(=O)c1ccnc(Nc2ccc(C(F)(F)F)cn2)c1.CC(C)(C)C(O)c1cc(Cl)ncc1NC(=O)c1ccnc(Nc2ccc(C(F)(F)F)cn2)c1.[B].[H-].[Na+]. The van der Waals surface area contributed by atoms with Crippen LogP contribution in [0.15, 0.2) is 97.8 Å². The zero-order valence-corrected chi connectivity index (χ0v) is 40.8. The molecule has 3 radical (unpaired) electrons. The number of aliphatic hydroxyl groups excluding tert-OH is 1. The third-order valence-corrected chi connectivity index (χ3v) is 9.46. The summed E-state index contributed by atoms with van der Waals surface area (Å²) in [6, 6.07) is 12.7. The largest absolute Gasteiger partial charge is 1.00 e. The molecule has 68 heavy (non-hydrogen) atoms. The van der Waals surface area contributed by atoms with Crippen LogP contribution in [0.25, 0.3) is 0 Å². The Bertz CT molecular complexity index is 2730. The van der Waals surface area contributed by atoms with Crippen LogP contribution in [0, 0.1) is 10.8 Å². The normalized spacial score (nSPS) is 11.9. The van der Waals surface area contributed by atoms with E-state index in [1.807, 2.05) is 20.8 Å². The molecule has 0 bridgehead atoms. The Hall–Kier alpha value is -5.71. The summed E-state index contributed by atoms with van der Waals surface area (Å²) in [5.41, 5.74) is -1.48. The molecular weight excluding hydrogens is 951 g/mol. The van der Waals surface area contributed by atoms with E-state index in [9.17, 15) is 45.8 Å². The molecule has 1 unspecified atom stereocenters. The van der Waals surface area contributed by atoms with Crippen molar-refractivity contribution in [1.82, 2.24) is 29.9 Å². The first-order valence-electron chi connectivity index (χ1n) is 19.4. The Labute approximate surface area is 421 Å². The molecule has 0 aliphatic heterocycles. The molecule has 1 atom stereocenters. The third-order valence-electron chi connectivity index (χ3n) is 9.05. The minimum atomic E-state index is -4.49. The van der Waals surface area contributed by atoms with Crippen molar-refractivity contribution in [3.05, 3.63) is 142 Å². The van der Waals surface area contributed by atoms with E-state index in [0.29, 0.717) is 23.6 Å². The zero-order valence-electron chi connectivity index (χ0n) is 38.3. The van der Waals surface area contributed by atoms with Gasteiger partial charge in [0.1, 0.15) is 33.6 Å². The molecule has 6 aromatic heterocycles. The van der Waals surface area contributed by atoms with Crippen LogP contribution in [0.5, 0.6) is 0 Å². The van der Waals surface area contributed by atoms with Crippen LogP contribution in [0.4, 0.5) is 61.0 Å². The van der Waals surface area contributed by atoms with Gasteiger partial charge in [-0.1, -0.05) is 64.7 Å². The Morgan fingerprint density at radius 2 is 1.01 bits per heavy atom. The first-order chi connectivity index (χ1) is 30.7. The topological polar surface area (TPSA) is 197 Å². The summed E-state index contributed by atoms with van der Waals surface area (Å²) < 4.78 is 76.1. The number of hydrogen-bond donors (Lipinski definition) is 5. The summed E-state index contributed by atoms with van der Waals surface area (Å²) in [6.07, 6.45) is -3.14. The molecule has 6 heterocycles. The first-order valence-corrected chi connectivity index (χ1v) is 20.1. The Kier molecular flexibility index (Phi) is 19.2. The quantitative estimate of drug-likeness (QED) is 0.0383. The summed E-state index contributed by atoms with van der Waals surface area (Å²) in [6.45, 7) is 10.7. The molecule has 0 fully saturated rings. The minimum absolute atomic E-state index is 0. The number of nitrogens with one attached hydrogen (secondary N) is 4. The van der Waals surface area contributed by atoms with Gasteiger partial charge in [-0.05, 0) is 66.1 Å². The second-order valence-corrected chi connectivity index (χ2v) is 17.1. The van der Waals surface area contributed by atoms with Crippen LogP contribution in [0.2, 0.25) is 10.3 Å². The summed E-state index contributed by atoms with van der Waals surface area (Å²) >= 11 is 11.9. The van der Waals surface area contributed by atoms with Gasteiger partial charge >= 0.3 is 41.9 Å². The van der Waals surface area contributed by atoms with Crippen molar-refractivity contribution in [2.45, 2.75) is 60.0 Å². The van der Waals surface area contributed by atoms with E-state index in [-0.39, 0.29) is 101 Å². The molecule has 0 aromatic carbocycles. The predicted octanol–water partition coefficient (Wildman–Crippen LogP) is 8.12. The van der Waals surface area contributed by atoms with Crippen molar-refractivity contribution in [2.24, 2.45) is 10.8 Å². The molecule has 0 saturated heterocycles. The Morgan fingerprint density at radius 1 is 0.588 bits per heavy atom. The molecule has 2 amide bonds. The number of aromatic nitrogens is 6. The number of rotatable bonds is 10. The van der Waals surface area contributed by atoms with Crippen molar-refractivity contribution >= 4 is 83.9 Å². The standard InChI is InChI=1S/C22H21ClF3N5O2.C22H19ClF3N5O2.B.Na.H/c2*1-21(2,3)19(32)14-9-16(23)28-11-15(14)30-20(33)12-6-7-27-18(8-12)31-17-5-4-13(10-29-17)22(24,25)26;;;/h4-11,19,32H,1-3H3,(H,30,33)(H,27,29,31);4-11H,1-3H3,(H,30,33)(H,27,29,31);;;/q;;;+1;-1. The number of carbonyl (C=O) groups is 3. The maximum atomic E-state index is 12.8. The maximum Gasteiger partial charge on any atom is 1.00 e. The number of amides is 2. The summed E-state index contributed by atoms with van der Waals surface area (Å²) in [4.78, 5) is 61.9. The van der Waals surface area contributed by atoms with Gasteiger partial charge in [-0.3, -0.25) is 14.4 Å². The van der Waals surface area contributed by atoms with Gasteiger partial charge < -0.3 is 27.8 Å². The van der Waals surface area contributed by atoms with Gasteiger partial charge in [0.05, 0.1) is 41.0 Å². The van der Waals surface area contributed by atoms with Crippen LogP contribution in [-0.2, 0) is 12.4 Å². The van der Waals surface area contributed by atoms with Crippen molar-refractivity contribution in [2.75, 3.05) is 21.3 Å². The second kappa shape index (κ2) is 23.1. The fraction of sp³-hybridized carbons (Fsp3) is 0.250. The molecular formula is C44H41BCl2F6N10NaO4. The number of nitrogens with zero attached hydrogens (tertiary/aromatic N) is 6. The molecule has 0 aliphatic rings. The molecule has 6 aromatic rings. The minimum Gasteiger partial charge on any atom is -1.00 e. The van der Waals surface area contributed by atoms with Crippen LogP contribution in [0.1, 0.15) is 96.8 Å². The number of Topliss-reactive ketones (excluding diaryl/α,β-unsaturated/α-hetero) is 1. The van der Waals surface area contributed by atoms with E-state index in [1.165, 1.54) is 61.2 Å². The van der Waals surface area contributed by atoms with E-state index < -0.39 is 52.2 Å². The molecule has 351 valence electrons. The summed E-state index contributed by atoms with van der Waals surface area (Å²) in [5.74, 6) is -0.638. The molecule has 6 rings (SSSR count). The zero-order chi connectivity index (χ0) is 48.8. The Balaban J connectivity index is 0.000000454. The van der Waals surface area contributed by atoms with Crippen LogP contribution in [0.3, 0.4) is 0 Å². The number of aliphatic hydroxyl groups is 1. The molecule has 14 nitrogen and oxygen atoms in total. The number of anilines is 6. The number of ketones is 1. The average molecular weight is 993 g/mol. The van der Waals surface area contributed by atoms with Crippen LogP contribution in [-0.4, -0.2) is 61.0 Å². The van der Waals surface area contributed by atoms with Gasteiger partial charge in [0.25, 0.3) is 11.8 Å². The second-order valence-electron chi connectivity index (χ2n) is 16.4. The molecule has 0 aliphatic carbocycles. The third kappa shape index (κ3) is 15.7. The molecule has 0 spiro atoms. The van der Waals surface area contributed by atoms with Crippen molar-refractivity contribution in [3.63, 3.8) is 0 Å². The molecule has 5 N–H and O–H groups in total. The fourth-order valence-electron chi connectivity index (χ4n) is 5.57. The van der Waals surface area contributed by atoms with Crippen molar-refractivity contribution in [1.29, 1.82) is 0 Å². The number of hydrogen-bond acceptors (Lipinski definition) is 12. The number of carbonyl (C=O) groups excluding carboxylic acids is 3. The van der Waals surface area contributed by atoms with Gasteiger partial charge in [0, 0.05) is 60.9 Å². The van der Waals surface area contributed by atoms with E-state index in [0.717, 1.165) is 24.3 Å². The van der Waals surface area contributed by atoms with Crippen LogP contribution < -0.4 is 50.8 Å². The van der Waals surface area contributed by atoms with Gasteiger partial charge in [0.2, 0.25) is 0 Å². The predicted molar refractivity (Wildman–Crippen MR) is 243 cm³/mol.